The lowest BCUT2D eigenvalue weighted by Gasteiger charge is -2.31. The molecule has 9 heteroatoms. The molecule has 1 aliphatic rings. The molecule has 2 aromatic carbocycles. The zero-order valence-corrected chi connectivity index (χ0v) is 16.5. The Kier molecular flexibility index (Phi) is 6.33. The van der Waals surface area contributed by atoms with Crippen LogP contribution in [0.1, 0.15) is 23.2 Å². The molecule has 1 saturated heterocycles. The van der Waals surface area contributed by atoms with E-state index >= 15 is 0 Å². The number of nitro groups is 1. The van der Waals surface area contributed by atoms with Crippen LogP contribution in [0.2, 0.25) is 5.02 Å². The van der Waals surface area contributed by atoms with E-state index in [2.05, 4.69) is 5.32 Å². The molecule has 152 valence electrons. The molecule has 1 aliphatic heterocycles. The zero-order chi connectivity index (χ0) is 21.0. The van der Waals surface area contributed by atoms with E-state index in [0.29, 0.717) is 42.3 Å². The summed E-state index contributed by atoms with van der Waals surface area (Å²) in [5, 5.41) is 14.3. The van der Waals surface area contributed by atoms with Crippen LogP contribution in [0.15, 0.2) is 42.5 Å². The molecule has 29 heavy (non-hydrogen) atoms. The van der Waals surface area contributed by atoms with Gasteiger partial charge in [-0.3, -0.25) is 19.7 Å². The van der Waals surface area contributed by atoms with E-state index in [1.165, 1.54) is 25.3 Å². The van der Waals surface area contributed by atoms with Crippen LogP contribution >= 0.6 is 11.6 Å². The van der Waals surface area contributed by atoms with E-state index in [9.17, 15) is 19.7 Å². The van der Waals surface area contributed by atoms with Crippen LogP contribution in [0.3, 0.4) is 0 Å². The molecule has 2 aromatic rings. The third-order valence-electron chi connectivity index (χ3n) is 4.90. The number of non-ortho nitro benzene ring substituents is 1. The first kappa shape index (κ1) is 20.6. The Hall–Kier alpha value is -3.13. The second-order valence-corrected chi connectivity index (χ2v) is 7.14. The summed E-state index contributed by atoms with van der Waals surface area (Å²) in [6, 6.07) is 10.7. The maximum atomic E-state index is 12.6. The fourth-order valence-electron chi connectivity index (χ4n) is 3.26. The number of anilines is 1. The summed E-state index contributed by atoms with van der Waals surface area (Å²) >= 11 is 5.86. The molecule has 2 amide bonds. The molecular formula is C20H20ClN3O5. The first-order chi connectivity index (χ1) is 13.9. The van der Waals surface area contributed by atoms with Gasteiger partial charge in [0.1, 0.15) is 5.75 Å². The smallest absolute Gasteiger partial charge is 0.271 e. The third kappa shape index (κ3) is 4.83. The number of benzene rings is 2. The van der Waals surface area contributed by atoms with Gasteiger partial charge in [-0.1, -0.05) is 11.6 Å². The summed E-state index contributed by atoms with van der Waals surface area (Å²) in [4.78, 5) is 37.4. The number of methoxy groups -OCH3 is 1. The first-order valence-electron chi connectivity index (χ1n) is 9.07. The van der Waals surface area contributed by atoms with Crippen LogP contribution in [-0.2, 0) is 4.79 Å². The second-order valence-electron chi connectivity index (χ2n) is 6.70. The molecule has 0 aromatic heterocycles. The average Bonchev–Trinajstić information content (AvgIpc) is 2.73. The molecule has 8 nitrogen and oxygen atoms in total. The maximum absolute atomic E-state index is 12.6. The molecule has 0 saturated carbocycles. The molecule has 0 spiro atoms. The fourth-order valence-corrected chi connectivity index (χ4v) is 3.39. The molecule has 1 N–H and O–H groups in total. The van der Waals surface area contributed by atoms with Crippen LogP contribution in [0.4, 0.5) is 11.4 Å². The van der Waals surface area contributed by atoms with Gasteiger partial charge < -0.3 is 15.0 Å². The molecule has 0 bridgehead atoms. The number of nitro benzene ring substituents is 1. The quantitative estimate of drug-likeness (QED) is 0.589. The summed E-state index contributed by atoms with van der Waals surface area (Å²) in [6.07, 6.45) is 1.00. The number of ether oxygens (including phenoxy) is 1. The first-order valence-corrected chi connectivity index (χ1v) is 9.45. The van der Waals surface area contributed by atoms with Gasteiger partial charge in [0.25, 0.3) is 11.6 Å². The molecule has 1 fully saturated rings. The highest BCUT2D eigenvalue weighted by Gasteiger charge is 2.28. The number of carbonyl (C=O) groups excluding carboxylic acids is 2. The lowest BCUT2D eigenvalue weighted by atomic mass is 9.95. The summed E-state index contributed by atoms with van der Waals surface area (Å²) in [6.45, 7) is 0.900. The summed E-state index contributed by atoms with van der Waals surface area (Å²) < 4.78 is 5.17. The van der Waals surface area contributed by atoms with Crippen molar-refractivity contribution in [3.8, 4) is 5.75 Å². The number of rotatable bonds is 5. The van der Waals surface area contributed by atoms with Gasteiger partial charge in [-0.05, 0) is 43.2 Å². The van der Waals surface area contributed by atoms with Crippen molar-refractivity contribution in [2.24, 2.45) is 5.92 Å². The van der Waals surface area contributed by atoms with Gasteiger partial charge in [0.05, 0.1) is 17.7 Å². The van der Waals surface area contributed by atoms with E-state index in [1.54, 1.807) is 29.2 Å². The lowest BCUT2D eigenvalue weighted by Crippen LogP contribution is -2.41. The molecule has 0 radical (unpaired) electrons. The number of nitrogens with one attached hydrogen (secondary N) is 1. The van der Waals surface area contributed by atoms with E-state index < -0.39 is 4.92 Å². The fraction of sp³-hybridized carbons (Fsp3) is 0.300. The molecule has 0 aliphatic carbocycles. The maximum Gasteiger partial charge on any atom is 0.271 e. The Bertz CT molecular complexity index is 924. The number of carbonyl (C=O) groups is 2. The van der Waals surface area contributed by atoms with Crippen molar-refractivity contribution in [1.29, 1.82) is 0 Å². The Balaban J connectivity index is 1.62. The molecule has 0 unspecified atom stereocenters. The number of amides is 2. The van der Waals surface area contributed by atoms with Crippen LogP contribution in [0, 0.1) is 16.0 Å². The molecular weight excluding hydrogens is 398 g/mol. The van der Waals surface area contributed by atoms with Crippen LogP contribution in [0.25, 0.3) is 0 Å². The van der Waals surface area contributed by atoms with E-state index in [1.807, 2.05) is 0 Å². The van der Waals surface area contributed by atoms with Crippen molar-refractivity contribution in [3.05, 3.63) is 63.2 Å². The van der Waals surface area contributed by atoms with E-state index in [4.69, 9.17) is 16.3 Å². The van der Waals surface area contributed by atoms with Crippen molar-refractivity contribution in [2.45, 2.75) is 12.8 Å². The molecule has 1 heterocycles. The van der Waals surface area contributed by atoms with Gasteiger partial charge in [-0.25, -0.2) is 0 Å². The highest BCUT2D eigenvalue weighted by atomic mass is 35.5. The summed E-state index contributed by atoms with van der Waals surface area (Å²) in [5.41, 5.74) is 0.675. The predicted molar refractivity (Wildman–Crippen MR) is 108 cm³/mol. The van der Waals surface area contributed by atoms with Gasteiger partial charge in [-0.15, -0.1) is 0 Å². The second kappa shape index (κ2) is 8.91. The molecule has 3 rings (SSSR count). The van der Waals surface area contributed by atoms with Crippen LogP contribution < -0.4 is 10.1 Å². The van der Waals surface area contributed by atoms with Crippen molar-refractivity contribution >= 4 is 34.8 Å². The Morgan fingerprint density at radius 1 is 1.17 bits per heavy atom. The lowest BCUT2D eigenvalue weighted by molar-refractivity contribution is -0.384. The van der Waals surface area contributed by atoms with Gasteiger partial charge in [0.15, 0.2) is 0 Å². The Morgan fingerprint density at radius 3 is 2.41 bits per heavy atom. The largest absolute Gasteiger partial charge is 0.495 e. The zero-order valence-electron chi connectivity index (χ0n) is 15.8. The highest BCUT2D eigenvalue weighted by molar-refractivity contribution is 6.30. The number of likely N-dealkylation sites (tertiary alicyclic amines) is 1. The van der Waals surface area contributed by atoms with Crippen LogP contribution in [0.5, 0.6) is 5.75 Å². The summed E-state index contributed by atoms with van der Waals surface area (Å²) in [7, 11) is 1.43. The monoisotopic (exact) mass is 417 g/mol. The van der Waals surface area contributed by atoms with Gasteiger partial charge in [0, 0.05) is 41.7 Å². The Morgan fingerprint density at radius 2 is 1.83 bits per heavy atom. The number of piperidine rings is 1. The Labute approximate surface area is 172 Å². The standard InChI is InChI=1S/C20H20ClN3O5/c1-29-18-7-6-16(24(27)28)12-17(18)22-19(25)13-8-10-23(11-9-13)20(26)14-2-4-15(21)5-3-14/h2-7,12-13H,8-11H2,1H3,(H,22,25). The number of hydrogen-bond donors (Lipinski definition) is 1. The van der Waals surface area contributed by atoms with E-state index in [-0.39, 0.29) is 29.1 Å². The van der Waals surface area contributed by atoms with E-state index in [0.717, 1.165) is 0 Å². The summed E-state index contributed by atoms with van der Waals surface area (Å²) in [5.74, 6) is -0.296. The number of hydrogen-bond acceptors (Lipinski definition) is 5. The highest BCUT2D eigenvalue weighted by Crippen LogP contribution is 2.30. The van der Waals surface area contributed by atoms with Crippen molar-refractivity contribution in [2.75, 3.05) is 25.5 Å². The average molecular weight is 418 g/mol. The predicted octanol–water partition coefficient (Wildman–Crippen LogP) is 3.75. The van der Waals surface area contributed by atoms with Gasteiger partial charge in [0.2, 0.25) is 5.91 Å². The van der Waals surface area contributed by atoms with Gasteiger partial charge in [-0.2, -0.15) is 0 Å². The van der Waals surface area contributed by atoms with Crippen molar-refractivity contribution in [3.63, 3.8) is 0 Å². The normalized spacial score (nSPS) is 14.3. The SMILES string of the molecule is COc1ccc([N+](=O)[O-])cc1NC(=O)C1CCN(C(=O)c2ccc(Cl)cc2)CC1. The minimum atomic E-state index is -0.532. The minimum Gasteiger partial charge on any atom is -0.495 e. The third-order valence-corrected chi connectivity index (χ3v) is 5.15. The van der Waals surface area contributed by atoms with Crippen molar-refractivity contribution < 1.29 is 19.2 Å². The molecule has 0 atom stereocenters. The van der Waals surface area contributed by atoms with Crippen molar-refractivity contribution in [1.82, 2.24) is 4.90 Å². The van der Waals surface area contributed by atoms with Gasteiger partial charge >= 0.3 is 0 Å². The topological polar surface area (TPSA) is 102 Å². The number of halogens is 1. The number of nitrogens with zero attached hydrogens (tertiary/aromatic N) is 2. The minimum absolute atomic E-state index is 0.0964. The van der Waals surface area contributed by atoms with Crippen LogP contribution in [-0.4, -0.2) is 41.8 Å².